The minimum absolute atomic E-state index is 0.0976. The summed E-state index contributed by atoms with van der Waals surface area (Å²) in [6.07, 6.45) is 0.590. The van der Waals surface area contributed by atoms with Gasteiger partial charge < -0.3 is 9.52 Å². The summed E-state index contributed by atoms with van der Waals surface area (Å²) in [5.74, 6) is -0.812. The first kappa shape index (κ1) is 9.98. The van der Waals surface area contributed by atoms with Crippen molar-refractivity contribution in [2.24, 2.45) is 0 Å². The van der Waals surface area contributed by atoms with Crippen LogP contribution in [-0.4, -0.2) is 16.1 Å². The number of halogens is 1. The van der Waals surface area contributed by atoms with Crippen molar-refractivity contribution in [1.82, 2.24) is 4.98 Å². The lowest BCUT2D eigenvalue weighted by atomic mass is 10.1. The predicted molar refractivity (Wildman–Crippen MR) is 55.0 cm³/mol. The summed E-state index contributed by atoms with van der Waals surface area (Å²) in [5, 5.41) is 8.63. The second-order valence-electron chi connectivity index (χ2n) is 3.16. The molecule has 0 unspecified atom stereocenters. The number of benzene rings is 1. The van der Waals surface area contributed by atoms with Gasteiger partial charge in [-0.05, 0) is 35.7 Å². The standard InChI is InChI=1S/C10H8ClNO3/c11-10-12-7-5-6(2-4-9(13)14)1-3-8(7)15-10/h1,3,5H,2,4H2,(H,13,14). The Kier molecular flexibility index (Phi) is 2.60. The maximum absolute atomic E-state index is 10.4. The van der Waals surface area contributed by atoms with Gasteiger partial charge in [0.15, 0.2) is 5.58 Å². The van der Waals surface area contributed by atoms with Crippen LogP contribution in [0.1, 0.15) is 12.0 Å². The summed E-state index contributed by atoms with van der Waals surface area (Å²) in [6, 6.07) is 5.34. The normalized spacial score (nSPS) is 10.7. The van der Waals surface area contributed by atoms with E-state index in [4.69, 9.17) is 21.1 Å². The maximum atomic E-state index is 10.4. The minimum atomic E-state index is -0.812. The second kappa shape index (κ2) is 3.90. The number of fused-ring (bicyclic) bond motifs is 1. The minimum Gasteiger partial charge on any atom is -0.481 e. The lowest BCUT2D eigenvalue weighted by molar-refractivity contribution is -0.136. The number of aliphatic carboxylic acids is 1. The Hall–Kier alpha value is -1.55. The van der Waals surface area contributed by atoms with Crippen molar-refractivity contribution >= 4 is 28.7 Å². The first-order valence-corrected chi connectivity index (χ1v) is 4.80. The van der Waals surface area contributed by atoms with Crippen molar-refractivity contribution in [3.8, 4) is 0 Å². The summed E-state index contributed by atoms with van der Waals surface area (Å²) in [6.45, 7) is 0. The van der Waals surface area contributed by atoms with E-state index in [1.54, 1.807) is 12.1 Å². The van der Waals surface area contributed by atoms with Crippen molar-refractivity contribution in [3.63, 3.8) is 0 Å². The van der Waals surface area contributed by atoms with Gasteiger partial charge >= 0.3 is 5.97 Å². The Morgan fingerprint density at radius 3 is 3.07 bits per heavy atom. The molecule has 0 aliphatic rings. The zero-order chi connectivity index (χ0) is 10.8. The number of carbonyl (C=O) groups is 1. The summed E-state index contributed by atoms with van der Waals surface area (Å²) >= 11 is 5.59. The van der Waals surface area contributed by atoms with Crippen LogP contribution in [0, 0.1) is 0 Å². The fraction of sp³-hybridized carbons (Fsp3) is 0.200. The number of hydrogen-bond donors (Lipinski definition) is 1. The molecule has 0 bridgehead atoms. The van der Waals surface area contributed by atoms with Crippen LogP contribution in [0.3, 0.4) is 0 Å². The smallest absolute Gasteiger partial charge is 0.303 e. The third-order valence-corrected chi connectivity index (χ3v) is 2.22. The molecule has 15 heavy (non-hydrogen) atoms. The Balaban J connectivity index is 2.26. The molecule has 0 radical (unpaired) electrons. The molecule has 1 aromatic carbocycles. The second-order valence-corrected chi connectivity index (χ2v) is 3.49. The summed E-state index contributed by atoms with van der Waals surface area (Å²) in [5.41, 5.74) is 2.18. The van der Waals surface area contributed by atoms with Gasteiger partial charge in [0, 0.05) is 6.42 Å². The van der Waals surface area contributed by atoms with E-state index in [-0.39, 0.29) is 11.8 Å². The molecule has 1 aromatic heterocycles. The number of aryl methyl sites for hydroxylation is 1. The third-order valence-electron chi connectivity index (χ3n) is 2.05. The Bertz CT molecular complexity index is 506. The van der Waals surface area contributed by atoms with Gasteiger partial charge in [0.05, 0.1) is 0 Å². The predicted octanol–water partition coefficient (Wildman–Crippen LogP) is 2.50. The SMILES string of the molecule is O=C(O)CCc1ccc2oc(Cl)nc2c1. The molecule has 1 heterocycles. The van der Waals surface area contributed by atoms with Crippen molar-refractivity contribution in [2.75, 3.05) is 0 Å². The van der Waals surface area contributed by atoms with Crippen LogP contribution in [0.2, 0.25) is 5.35 Å². The highest BCUT2D eigenvalue weighted by molar-refractivity contribution is 6.28. The quantitative estimate of drug-likeness (QED) is 0.872. The number of rotatable bonds is 3. The van der Waals surface area contributed by atoms with Crippen LogP contribution >= 0.6 is 11.6 Å². The monoisotopic (exact) mass is 225 g/mol. The van der Waals surface area contributed by atoms with Gasteiger partial charge in [-0.25, -0.2) is 0 Å². The average Bonchev–Trinajstić information content (AvgIpc) is 2.53. The topological polar surface area (TPSA) is 63.3 Å². The van der Waals surface area contributed by atoms with E-state index in [9.17, 15) is 4.79 Å². The number of aromatic nitrogens is 1. The Morgan fingerprint density at radius 2 is 2.33 bits per heavy atom. The maximum Gasteiger partial charge on any atom is 0.303 e. The van der Waals surface area contributed by atoms with Crippen LogP contribution in [-0.2, 0) is 11.2 Å². The highest BCUT2D eigenvalue weighted by Gasteiger charge is 2.05. The van der Waals surface area contributed by atoms with E-state index < -0.39 is 5.97 Å². The molecule has 1 N–H and O–H groups in total. The van der Waals surface area contributed by atoms with Gasteiger partial charge in [0.25, 0.3) is 5.35 Å². The number of carboxylic acids is 1. The lowest BCUT2D eigenvalue weighted by Gasteiger charge is -1.96. The van der Waals surface area contributed by atoms with Gasteiger partial charge in [-0.2, -0.15) is 4.98 Å². The molecule has 2 aromatic rings. The van der Waals surface area contributed by atoms with Crippen molar-refractivity contribution in [1.29, 1.82) is 0 Å². The molecule has 4 nitrogen and oxygen atoms in total. The molecule has 0 saturated heterocycles. The van der Waals surface area contributed by atoms with E-state index in [1.165, 1.54) is 0 Å². The fourth-order valence-electron chi connectivity index (χ4n) is 1.35. The average molecular weight is 226 g/mol. The number of hydrogen-bond acceptors (Lipinski definition) is 3. The fourth-order valence-corrected chi connectivity index (χ4v) is 1.53. The van der Waals surface area contributed by atoms with E-state index >= 15 is 0 Å². The number of oxazole rings is 1. The zero-order valence-corrected chi connectivity index (χ0v) is 8.49. The molecule has 0 saturated carbocycles. The summed E-state index contributed by atoms with van der Waals surface area (Å²) in [7, 11) is 0. The lowest BCUT2D eigenvalue weighted by Crippen LogP contribution is -1.97. The summed E-state index contributed by atoms with van der Waals surface area (Å²) in [4.78, 5) is 14.3. The van der Waals surface area contributed by atoms with Gasteiger partial charge in [-0.3, -0.25) is 4.79 Å². The molecule has 0 atom stereocenters. The highest BCUT2D eigenvalue weighted by atomic mass is 35.5. The van der Waals surface area contributed by atoms with Gasteiger partial charge in [0.1, 0.15) is 5.52 Å². The number of nitrogens with zero attached hydrogens (tertiary/aromatic N) is 1. The van der Waals surface area contributed by atoms with Crippen LogP contribution < -0.4 is 0 Å². The molecule has 0 aliphatic carbocycles. The number of carboxylic acid groups (broad SMARTS) is 1. The molecule has 0 aliphatic heterocycles. The van der Waals surface area contributed by atoms with Crippen LogP contribution in [0.4, 0.5) is 0 Å². The molecular weight excluding hydrogens is 218 g/mol. The van der Waals surface area contributed by atoms with Crippen LogP contribution in [0.25, 0.3) is 11.1 Å². The van der Waals surface area contributed by atoms with E-state index in [1.807, 2.05) is 6.07 Å². The molecule has 0 amide bonds. The first-order chi connectivity index (χ1) is 7.15. The zero-order valence-electron chi connectivity index (χ0n) is 7.74. The highest BCUT2D eigenvalue weighted by Crippen LogP contribution is 2.20. The molecular formula is C10H8ClNO3. The van der Waals surface area contributed by atoms with E-state index in [2.05, 4.69) is 4.98 Å². The first-order valence-electron chi connectivity index (χ1n) is 4.42. The molecule has 0 spiro atoms. The van der Waals surface area contributed by atoms with Crippen molar-refractivity contribution in [3.05, 3.63) is 29.1 Å². The van der Waals surface area contributed by atoms with Gasteiger partial charge in [-0.1, -0.05) is 6.07 Å². The van der Waals surface area contributed by atoms with Gasteiger partial charge in [0.2, 0.25) is 0 Å². The van der Waals surface area contributed by atoms with E-state index in [0.29, 0.717) is 17.5 Å². The third kappa shape index (κ3) is 2.27. The van der Waals surface area contributed by atoms with Crippen molar-refractivity contribution < 1.29 is 14.3 Å². The molecule has 2 rings (SSSR count). The molecule has 5 heteroatoms. The Labute approximate surface area is 90.5 Å². The van der Waals surface area contributed by atoms with Crippen LogP contribution in [0.5, 0.6) is 0 Å². The molecule has 78 valence electrons. The van der Waals surface area contributed by atoms with Crippen LogP contribution in [0.15, 0.2) is 22.6 Å². The van der Waals surface area contributed by atoms with Gasteiger partial charge in [-0.15, -0.1) is 0 Å². The largest absolute Gasteiger partial charge is 0.481 e. The Morgan fingerprint density at radius 1 is 1.53 bits per heavy atom. The summed E-state index contributed by atoms with van der Waals surface area (Å²) < 4.78 is 5.09. The van der Waals surface area contributed by atoms with Crippen molar-refractivity contribution in [2.45, 2.75) is 12.8 Å². The molecule has 0 fully saturated rings. The van der Waals surface area contributed by atoms with E-state index in [0.717, 1.165) is 5.56 Å².